The third-order valence-corrected chi connectivity index (χ3v) is 3.07. The maximum Gasteiger partial charge on any atom is 0.257 e. The van der Waals surface area contributed by atoms with E-state index in [0.29, 0.717) is 22.9 Å². The van der Waals surface area contributed by atoms with Gasteiger partial charge in [-0.15, -0.1) is 0 Å². The van der Waals surface area contributed by atoms with Crippen LogP contribution in [0.4, 0.5) is 5.82 Å². The molecule has 2 aromatic rings. The molecule has 1 amide bonds. The number of carbonyl (C=O) groups excluding carboxylic acids is 1. The van der Waals surface area contributed by atoms with E-state index in [9.17, 15) is 4.79 Å². The van der Waals surface area contributed by atoms with Crippen molar-refractivity contribution in [2.24, 2.45) is 5.84 Å². The van der Waals surface area contributed by atoms with Crippen LogP contribution in [-0.2, 0) is 6.54 Å². The average molecular weight is 291 g/mol. The second-order valence-corrected chi connectivity index (χ2v) is 4.77. The number of nitrogens with zero attached hydrogens (tertiary/aromatic N) is 2. The number of benzene rings is 1. The van der Waals surface area contributed by atoms with E-state index < -0.39 is 0 Å². The standard InChI is InChI=1S/C14H15ClN4O/c1-19(9-10-4-2-5-11(15)8-10)14(20)12-6-3-7-17-13(12)18-16/h2-8H,9,16H2,1H3,(H,17,18). The zero-order valence-corrected chi connectivity index (χ0v) is 11.8. The molecule has 0 radical (unpaired) electrons. The van der Waals surface area contributed by atoms with Crippen molar-refractivity contribution >= 4 is 23.3 Å². The Morgan fingerprint density at radius 3 is 2.90 bits per heavy atom. The highest BCUT2D eigenvalue weighted by molar-refractivity contribution is 6.30. The fourth-order valence-corrected chi connectivity index (χ4v) is 2.09. The molecule has 0 spiro atoms. The van der Waals surface area contributed by atoms with Gasteiger partial charge in [-0.1, -0.05) is 23.7 Å². The van der Waals surface area contributed by atoms with Gasteiger partial charge in [0.2, 0.25) is 0 Å². The van der Waals surface area contributed by atoms with Crippen LogP contribution in [0.3, 0.4) is 0 Å². The van der Waals surface area contributed by atoms with E-state index in [4.69, 9.17) is 17.4 Å². The molecule has 0 saturated carbocycles. The van der Waals surface area contributed by atoms with Crippen molar-refractivity contribution in [1.29, 1.82) is 0 Å². The number of halogens is 1. The van der Waals surface area contributed by atoms with Crippen LogP contribution in [0.25, 0.3) is 0 Å². The normalized spacial score (nSPS) is 10.2. The first-order valence-electron chi connectivity index (χ1n) is 6.03. The number of anilines is 1. The monoisotopic (exact) mass is 290 g/mol. The first-order chi connectivity index (χ1) is 9.61. The lowest BCUT2D eigenvalue weighted by atomic mass is 10.2. The minimum Gasteiger partial charge on any atom is -0.337 e. The number of nitrogens with two attached hydrogens (primary N) is 1. The molecule has 5 nitrogen and oxygen atoms in total. The van der Waals surface area contributed by atoms with Crippen LogP contribution in [0.15, 0.2) is 42.6 Å². The topological polar surface area (TPSA) is 71.2 Å². The summed E-state index contributed by atoms with van der Waals surface area (Å²) < 4.78 is 0. The molecule has 2 rings (SSSR count). The van der Waals surface area contributed by atoms with Crippen LogP contribution in [0.5, 0.6) is 0 Å². The predicted octanol–water partition coefficient (Wildman–Crippen LogP) is 2.29. The number of amides is 1. The van der Waals surface area contributed by atoms with E-state index in [0.717, 1.165) is 5.56 Å². The SMILES string of the molecule is CN(Cc1cccc(Cl)c1)C(=O)c1cccnc1NN. The maximum atomic E-state index is 12.4. The number of hydrazine groups is 1. The Morgan fingerprint density at radius 1 is 1.40 bits per heavy atom. The van der Waals surface area contributed by atoms with Crippen LogP contribution < -0.4 is 11.3 Å². The number of pyridine rings is 1. The fraction of sp³-hybridized carbons (Fsp3) is 0.143. The van der Waals surface area contributed by atoms with Gasteiger partial charge in [-0.25, -0.2) is 10.8 Å². The van der Waals surface area contributed by atoms with Gasteiger partial charge in [0.15, 0.2) is 5.82 Å². The van der Waals surface area contributed by atoms with E-state index in [2.05, 4.69) is 10.4 Å². The van der Waals surface area contributed by atoms with E-state index in [1.54, 1.807) is 36.3 Å². The first kappa shape index (κ1) is 14.3. The molecule has 3 N–H and O–H groups in total. The average Bonchev–Trinajstić information content (AvgIpc) is 2.46. The lowest BCUT2D eigenvalue weighted by Crippen LogP contribution is -2.28. The summed E-state index contributed by atoms with van der Waals surface area (Å²) in [4.78, 5) is 18.0. The van der Waals surface area contributed by atoms with Gasteiger partial charge in [0, 0.05) is 24.8 Å². The molecule has 6 heteroatoms. The molecule has 1 aromatic heterocycles. The van der Waals surface area contributed by atoms with Gasteiger partial charge in [-0.3, -0.25) is 4.79 Å². The number of carbonyl (C=O) groups is 1. The van der Waals surface area contributed by atoms with Crippen molar-refractivity contribution in [2.45, 2.75) is 6.54 Å². The highest BCUT2D eigenvalue weighted by Crippen LogP contribution is 2.16. The predicted molar refractivity (Wildman–Crippen MR) is 79.3 cm³/mol. The molecule has 0 aliphatic rings. The summed E-state index contributed by atoms with van der Waals surface area (Å²) in [6.07, 6.45) is 1.57. The molecule has 0 saturated heterocycles. The van der Waals surface area contributed by atoms with Crippen LogP contribution in [0.2, 0.25) is 5.02 Å². The summed E-state index contributed by atoms with van der Waals surface area (Å²) in [5.74, 6) is 5.56. The summed E-state index contributed by atoms with van der Waals surface area (Å²) in [5, 5.41) is 0.647. The third-order valence-electron chi connectivity index (χ3n) is 2.83. The van der Waals surface area contributed by atoms with Crippen LogP contribution in [-0.4, -0.2) is 22.8 Å². The molecule has 0 aliphatic heterocycles. The molecule has 1 aromatic carbocycles. The van der Waals surface area contributed by atoms with Gasteiger partial charge >= 0.3 is 0 Å². The Bertz CT molecular complexity index is 618. The number of hydrogen-bond acceptors (Lipinski definition) is 4. The van der Waals surface area contributed by atoms with Crippen molar-refractivity contribution in [3.63, 3.8) is 0 Å². The van der Waals surface area contributed by atoms with Crippen molar-refractivity contribution < 1.29 is 4.79 Å². The molecule has 0 aliphatic carbocycles. The lowest BCUT2D eigenvalue weighted by Gasteiger charge is -2.18. The Balaban J connectivity index is 2.16. The maximum absolute atomic E-state index is 12.4. The molecule has 104 valence electrons. The zero-order chi connectivity index (χ0) is 14.5. The van der Waals surface area contributed by atoms with Gasteiger partial charge in [0.1, 0.15) is 0 Å². The molecule has 0 bridgehead atoms. The Hall–Kier alpha value is -2.11. The molecule has 20 heavy (non-hydrogen) atoms. The van der Waals surface area contributed by atoms with Crippen LogP contribution in [0.1, 0.15) is 15.9 Å². The third kappa shape index (κ3) is 3.26. The van der Waals surface area contributed by atoms with Gasteiger partial charge in [-0.2, -0.15) is 0 Å². The van der Waals surface area contributed by atoms with Crippen molar-refractivity contribution in [2.75, 3.05) is 12.5 Å². The fourth-order valence-electron chi connectivity index (χ4n) is 1.88. The number of rotatable bonds is 4. The summed E-state index contributed by atoms with van der Waals surface area (Å²) in [6.45, 7) is 0.457. The summed E-state index contributed by atoms with van der Waals surface area (Å²) in [7, 11) is 1.72. The highest BCUT2D eigenvalue weighted by Gasteiger charge is 2.16. The zero-order valence-electron chi connectivity index (χ0n) is 11.0. The van der Waals surface area contributed by atoms with Crippen molar-refractivity contribution in [1.82, 2.24) is 9.88 Å². The largest absolute Gasteiger partial charge is 0.337 e. The smallest absolute Gasteiger partial charge is 0.257 e. The van der Waals surface area contributed by atoms with E-state index in [1.165, 1.54) is 0 Å². The Labute approximate surface area is 122 Å². The number of nitrogen functional groups attached to an aromatic ring is 1. The summed E-state index contributed by atoms with van der Waals surface area (Å²) >= 11 is 5.93. The summed E-state index contributed by atoms with van der Waals surface area (Å²) in [5.41, 5.74) is 3.81. The first-order valence-corrected chi connectivity index (χ1v) is 6.41. The second kappa shape index (κ2) is 6.36. The van der Waals surface area contributed by atoms with E-state index >= 15 is 0 Å². The minimum absolute atomic E-state index is 0.161. The summed E-state index contributed by atoms with van der Waals surface area (Å²) in [6, 6.07) is 10.8. The number of hydrogen-bond donors (Lipinski definition) is 2. The quantitative estimate of drug-likeness (QED) is 0.669. The number of nitrogens with one attached hydrogen (secondary N) is 1. The van der Waals surface area contributed by atoms with Crippen molar-refractivity contribution in [3.05, 3.63) is 58.7 Å². The molecular weight excluding hydrogens is 276 g/mol. The molecular formula is C14H15ClN4O. The second-order valence-electron chi connectivity index (χ2n) is 4.34. The Kier molecular flexibility index (Phi) is 4.55. The number of aromatic nitrogens is 1. The highest BCUT2D eigenvalue weighted by atomic mass is 35.5. The van der Waals surface area contributed by atoms with E-state index in [1.807, 2.05) is 18.2 Å². The van der Waals surface area contributed by atoms with Gasteiger partial charge < -0.3 is 10.3 Å². The van der Waals surface area contributed by atoms with Crippen molar-refractivity contribution in [3.8, 4) is 0 Å². The molecule has 0 atom stereocenters. The van der Waals surface area contributed by atoms with Crippen LogP contribution in [0, 0.1) is 0 Å². The molecule has 0 fully saturated rings. The van der Waals surface area contributed by atoms with Gasteiger partial charge in [0.25, 0.3) is 5.91 Å². The molecule has 0 unspecified atom stereocenters. The molecule has 1 heterocycles. The lowest BCUT2D eigenvalue weighted by molar-refractivity contribution is 0.0785. The van der Waals surface area contributed by atoms with E-state index in [-0.39, 0.29) is 5.91 Å². The van der Waals surface area contributed by atoms with Gasteiger partial charge in [-0.05, 0) is 29.8 Å². The van der Waals surface area contributed by atoms with Gasteiger partial charge in [0.05, 0.1) is 5.56 Å². The minimum atomic E-state index is -0.161. The Morgan fingerprint density at radius 2 is 2.20 bits per heavy atom. The van der Waals surface area contributed by atoms with Crippen LogP contribution >= 0.6 is 11.6 Å².